The summed E-state index contributed by atoms with van der Waals surface area (Å²) < 4.78 is 5.11. The van der Waals surface area contributed by atoms with Gasteiger partial charge in [-0.15, -0.1) is 0 Å². The fraction of sp³-hybridized carbons (Fsp3) is 0.188. The minimum atomic E-state index is -0.344. The monoisotopic (exact) mass is 350 g/mol. The molecule has 0 aliphatic heterocycles. The summed E-state index contributed by atoms with van der Waals surface area (Å²) in [5.74, 6) is -0.433. The lowest BCUT2D eigenvalue weighted by molar-refractivity contribution is -0.140. The fourth-order valence-electron chi connectivity index (χ4n) is 2.17. The Bertz CT molecular complexity index is 653. The number of rotatable bonds is 4. The van der Waals surface area contributed by atoms with Crippen LogP contribution in [0.15, 0.2) is 40.9 Å². The number of esters is 1. The number of halogens is 1. The van der Waals surface area contributed by atoms with Crippen LogP contribution in [-0.2, 0) is 16.0 Å². The summed E-state index contributed by atoms with van der Waals surface area (Å²) in [6.07, 6.45) is 0.511. The number of carbonyl (C=O) groups is 1. The van der Waals surface area contributed by atoms with Gasteiger partial charge in [0, 0.05) is 18.1 Å². The average Bonchev–Trinajstić information content (AvgIpc) is 2.49. The van der Waals surface area contributed by atoms with Crippen LogP contribution in [0.1, 0.15) is 12.0 Å². The summed E-state index contributed by atoms with van der Waals surface area (Å²) >= 11 is 3.32. The lowest BCUT2D eigenvalue weighted by atomic mass is 9.95. The van der Waals surface area contributed by atoms with Crippen molar-refractivity contribution in [1.29, 1.82) is 0 Å². The maximum Gasteiger partial charge on any atom is 0.305 e. The molecule has 5 heteroatoms. The molecule has 110 valence electrons. The number of phenolic OH excluding ortho intramolecular Hbond substituents is 2. The second kappa shape index (κ2) is 6.63. The van der Waals surface area contributed by atoms with Crippen LogP contribution < -0.4 is 0 Å². The molecule has 0 saturated heterocycles. The lowest BCUT2D eigenvalue weighted by Crippen LogP contribution is -2.03. The van der Waals surface area contributed by atoms with E-state index in [9.17, 15) is 15.0 Å². The first-order chi connectivity index (χ1) is 10.0. The Hall–Kier alpha value is -2.01. The predicted molar refractivity (Wildman–Crippen MR) is 83.2 cm³/mol. The second-order valence-corrected chi connectivity index (χ2v) is 5.32. The van der Waals surface area contributed by atoms with Gasteiger partial charge in [0.2, 0.25) is 0 Å². The van der Waals surface area contributed by atoms with E-state index in [-0.39, 0.29) is 23.9 Å². The molecule has 2 rings (SSSR count). The highest BCUT2D eigenvalue weighted by Crippen LogP contribution is 2.42. The van der Waals surface area contributed by atoms with Crippen molar-refractivity contribution in [3.05, 3.63) is 46.4 Å². The first-order valence-electron chi connectivity index (χ1n) is 6.40. The Kier molecular flexibility index (Phi) is 4.85. The lowest BCUT2D eigenvalue weighted by Gasteiger charge is -2.15. The van der Waals surface area contributed by atoms with Crippen LogP contribution in [0.25, 0.3) is 11.1 Å². The van der Waals surface area contributed by atoms with Crippen molar-refractivity contribution in [1.82, 2.24) is 0 Å². The molecule has 0 radical (unpaired) electrons. The summed E-state index contributed by atoms with van der Waals surface area (Å²) in [5, 5.41) is 20.0. The van der Waals surface area contributed by atoms with Gasteiger partial charge in [-0.1, -0.05) is 30.3 Å². The van der Waals surface area contributed by atoms with Gasteiger partial charge in [0.15, 0.2) is 0 Å². The summed E-state index contributed by atoms with van der Waals surface area (Å²) in [6, 6.07) is 10.6. The third-order valence-corrected chi connectivity index (χ3v) is 4.08. The van der Waals surface area contributed by atoms with Gasteiger partial charge in [-0.05, 0) is 33.5 Å². The van der Waals surface area contributed by atoms with E-state index in [0.29, 0.717) is 22.0 Å². The highest BCUT2D eigenvalue weighted by Gasteiger charge is 2.18. The number of ether oxygens (including phenoxy) is 1. The molecular formula is C16H15BrO4. The summed E-state index contributed by atoms with van der Waals surface area (Å²) in [4.78, 5) is 11.4. The number of aromatic hydroxyl groups is 2. The van der Waals surface area contributed by atoms with Crippen molar-refractivity contribution < 1.29 is 19.7 Å². The van der Waals surface area contributed by atoms with Gasteiger partial charge in [-0.3, -0.25) is 4.79 Å². The van der Waals surface area contributed by atoms with Gasteiger partial charge in [0.1, 0.15) is 11.5 Å². The molecular weight excluding hydrogens is 336 g/mol. The third-order valence-electron chi connectivity index (χ3n) is 3.19. The zero-order chi connectivity index (χ0) is 15.4. The molecule has 0 bridgehead atoms. The Morgan fingerprint density at radius 2 is 1.86 bits per heavy atom. The van der Waals surface area contributed by atoms with Crippen molar-refractivity contribution in [3.8, 4) is 22.6 Å². The van der Waals surface area contributed by atoms with Crippen molar-refractivity contribution in [2.75, 3.05) is 7.11 Å². The normalized spacial score (nSPS) is 10.4. The maximum atomic E-state index is 11.4. The second-order valence-electron chi connectivity index (χ2n) is 4.52. The van der Waals surface area contributed by atoms with Crippen molar-refractivity contribution in [2.24, 2.45) is 0 Å². The van der Waals surface area contributed by atoms with Crippen LogP contribution in [0, 0.1) is 0 Å². The van der Waals surface area contributed by atoms with Crippen LogP contribution in [0.5, 0.6) is 11.5 Å². The zero-order valence-electron chi connectivity index (χ0n) is 11.5. The van der Waals surface area contributed by atoms with E-state index < -0.39 is 0 Å². The van der Waals surface area contributed by atoms with E-state index in [0.717, 1.165) is 5.56 Å². The van der Waals surface area contributed by atoms with E-state index in [4.69, 9.17) is 0 Å². The Morgan fingerprint density at radius 3 is 2.48 bits per heavy atom. The molecule has 2 aromatic carbocycles. The van der Waals surface area contributed by atoms with Crippen molar-refractivity contribution in [3.63, 3.8) is 0 Å². The summed E-state index contributed by atoms with van der Waals surface area (Å²) in [5.41, 5.74) is 2.09. The number of carbonyl (C=O) groups excluding carboxylic acids is 1. The Labute approximate surface area is 131 Å². The Morgan fingerprint density at radius 1 is 1.19 bits per heavy atom. The summed E-state index contributed by atoms with van der Waals surface area (Å²) in [7, 11) is 1.33. The molecule has 0 spiro atoms. The average molecular weight is 351 g/mol. The Balaban J connectivity index is 2.52. The van der Waals surface area contributed by atoms with Gasteiger partial charge in [0.05, 0.1) is 11.6 Å². The largest absolute Gasteiger partial charge is 0.507 e. The maximum absolute atomic E-state index is 11.4. The quantitative estimate of drug-likeness (QED) is 0.826. The molecule has 0 aliphatic carbocycles. The van der Waals surface area contributed by atoms with Crippen LogP contribution in [0.3, 0.4) is 0 Å². The predicted octanol–water partition coefficient (Wildman–Crippen LogP) is 3.63. The molecule has 0 unspecified atom stereocenters. The van der Waals surface area contributed by atoms with Crippen LogP contribution in [0.2, 0.25) is 0 Å². The molecule has 0 amide bonds. The van der Waals surface area contributed by atoms with Crippen LogP contribution in [0.4, 0.5) is 0 Å². The van der Waals surface area contributed by atoms with Crippen molar-refractivity contribution in [2.45, 2.75) is 12.8 Å². The first-order valence-corrected chi connectivity index (χ1v) is 7.19. The number of phenols is 2. The van der Waals surface area contributed by atoms with Gasteiger partial charge < -0.3 is 14.9 Å². The number of benzene rings is 2. The van der Waals surface area contributed by atoms with E-state index in [1.165, 1.54) is 13.2 Å². The van der Waals surface area contributed by atoms with Crippen molar-refractivity contribution >= 4 is 21.9 Å². The number of hydrogen-bond acceptors (Lipinski definition) is 4. The molecule has 4 nitrogen and oxygen atoms in total. The van der Waals surface area contributed by atoms with E-state index >= 15 is 0 Å². The number of hydrogen-bond donors (Lipinski definition) is 2. The van der Waals surface area contributed by atoms with E-state index in [1.54, 1.807) is 0 Å². The highest BCUT2D eigenvalue weighted by molar-refractivity contribution is 9.10. The zero-order valence-corrected chi connectivity index (χ0v) is 13.1. The van der Waals surface area contributed by atoms with E-state index in [1.807, 2.05) is 30.3 Å². The molecule has 0 fully saturated rings. The summed E-state index contributed by atoms with van der Waals surface area (Å²) in [6.45, 7) is 0. The van der Waals surface area contributed by atoms with Crippen LogP contribution >= 0.6 is 15.9 Å². The third kappa shape index (κ3) is 3.36. The molecule has 2 aromatic rings. The molecule has 0 aromatic heterocycles. The molecule has 21 heavy (non-hydrogen) atoms. The van der Waals surface area contributed by atoms with Crippen LogP contribution in [-0.4, -0.2) is 23.3 Å². The standard InChI is InChI=1S/C16H15BrO4/c1-21-14(20)8-7-11-15(10-5-3-2-4-6-10)12(18)9-13(19)16(11)17/h2-6,9,18-19H,7-8H2,1H3. The van der Waals surface area contributed by atoms with Gasteiger partial charge >= 0.3 is 5.97 Å². The minimum Gasteiger partial charge on any atom is -0.507 e. The van der Waals surface area contributed by atoms with Gasteiger partial charge in [-0.25, -0.2) is 0 Å². The molecule has 0 heterocycles. The smallest absolute Gasteiger partial charge is 0.305 e. The fourth-order valence-corrected chi connectivity index (χ4v) is 2.69. The topological polar surface area (TPSA) is 66.8 Å². The SMILES string of the molecule is COC(=O)CCc1c(Br)c(O)cc(O)c1-c1ccccc1. The number of methoxy groups -OCH3 is 1. The first kappa shape index (κ1) is 15.4. The van der Waals surface area contributed by atoms with E-state index in [2.05, 4.69) is 20.7 Å². The minimum absolute atomic E-state index is 0.0261. The molecule has 0 saturated carbocycles. The molecule has 2 N–H and O–H groups in total. The van der Waals surface area contributed by atoms with Gasteiger partial charge in [0.25, 0.3) is 0 Å². The van der Waals surface area contributed by atoms with Gasteiger partial charge in [-0.2, -0.15) is 0 Å². The molecule has 0 atom stereocenters. The molecule has 0 aliphatic rings. The highest BCUT2D eigenvalue weighted by atomic mass is 79.9.